The van der Waals surface area contributed by atoms with Crippen molar-refractivity contribution in [3.8, 4) is 5.75 Å². The molecule has 0 aliphatic heterocycles. The number of halogens is 1. The number of rotatable bonds is 6. The zero-order chi connectivity index (χ0) is 13.5. The Morgan fingerprint density at radius 3 is 2.61 bits per heavy atom. The minimum Gasteiger partial charge on any atom is -0.488 e. The maximum atomic E-state index is 11.4. The van der Waals surface area contributed by atoms with Crippen molar-refractivity contribution in [2.45, 2.75) is 13.0 Å². The number of hydrogen-bond acceptors (Lipinski definition) is 2. The van der Waals surface area contributed by atoms with Gasteiger partial charge in [0.05, 0.1) is 7.05 Å². The van der Waals surface area contributed by atoms with Crippen molar-refractivity contribution in [2.75, 3.05) is 27.2 Å². The van der Waals surface area contributed by atoms with Gasteiger partial charge < -0.3 is 15.0 Å². The molecule has 0 fully saturated rings. The quantitative estimate of drug-likeness (QED) is 0.802. The van der Waals surface area contributed by atoms with Crippen LogP contribution in [0.15, 0.2) is 28.7 Å². The number of carbonyl (C=O) groups is 1. The van der Waals surface area contributed by atoms with Crippen LogP contribution < -0.4 is 15.0 Å². The molecule has 1 amide bonds. The van der Waals surface area contributed by atoms with E-state index in [0.717, 1.165) is 21.7 Å². The van der Waals surface area contributed by atoms with E-state index in [9.17, 15) is 4.79 Å². The summed E-state index contributed by atoms with van der Waals surface area (Å²) < 4.78 is 6.65. The van der Waals surface area contributed by atoms with Gasteiger partial charge in [-0.1, -0.05) is 15.9 Å². The molecule has 0 saturated heterocycles. The van der Waals surface area contributed by atoms with Crippen LogP contribution in [0.4, 0.5) is 0 Å². The second-order valence-electron chi connectivity index (χ2n) is 4.23. The summed E-state index contributed by atoms with van der Waals surface area (Å²) in [5.74, 6) is 0.898. The van der Waals surface area contributed by atoms with Crippen LogP contribution in [0.2, 0.25) is 0 Å². The first-order valence-electron chi connectivity index (χ1n) is 5.97. The fraction of sp³-hybridized carbons (Fsp3) is 0.462. The third-order valence-electron chi connectivity index (χ3n) is 2.96. The largest absolute Gasteiger partial charge is 0.488 e. The van der Waals surface area contributed by atoms with Crippen molar-refractivity contribution in [3.63, 3.8) is 0 Å². The Bertz CT molecular complexity index is 381. The van der Waals surface area contributed by atoms with Gasteiger partial charge in [0.15, 0.2) is 6.04 Å². The van der Waals surface area contributed by atoms with Crippen molar-refractivity contribution in [3.05, 3.63) is 28.7 Å². The molecule has 0 aromatic heterocycles. The Hall–Kier alpha value is -1.07. The molecule has 0 bridgehead atoms. The topological polar surface area (TPSA) is 42.8 Å². The summed E-state index contributed by atoms with van der Waals surface area (Å²) in [6, 6.07) is 7.66. The maximum Gasteiger partial charge on any atom is 0.277 e. The normalized spacial score (nSPS) is 13.8. The predicted octanol–water partition coefficient (Wildman–Crippen LogP) is 0.477. The lowest BCUT2D eigenvalue weighted by Gasteiger charge is -2.20. The molecule has 0 radical (unpaired) electrons. The minimum atomic E-state index is -0.0662. The molecule has 5 heteroatoms. The molecule has 2 N–H and O–H groups in total. The van der Waals surface area contributed by atoms with Gasteiger partial charge in [0, 0.05) is 11.5 Å². The average Bonchev–Trinajstić information content (AvgIpc) is 2.39. The van der Waals surface area contributed by atoms with Crippen LogP contribution in [0, 0.1) is 0 Å². The second-order valence-corrected chi connectivity index (χ2v) is 5.15. The molecule has 100 valence electrons. The number of quaternary nitrogens is 1. The summed E-state index contributed by atoms with van der Waals surface area (Å²) in [7, 11) is 3.65. The Morgan fingerprint density at radius 2 is 2.06 bits per heavy atom. The van der Waals surface area contributed by atoms with Crippen LogP contribution in [0.1, 0.15) is 6.92 Å². The summed E-state index contributed by atoms with van der Waals surface area (Å²) in [6.07, 6.45) is 0. The van der Waals surface area contributed by atoms with E-state index in [0.29, 0.717) is 6.61 Å². The van der Waals surface area contributed by atoms with E-state index in [1.54, 1.807) is 7.05 Å². The highest BCUT2D eigenvalue weighted by atomic mass is 79.9. The zero-order valence-corrected chi connectivity index (χ0v) is 12.6. The Morgan fingerprint density at radius 1 is 1.44 bits per heavy atom. The highest BCUT2D eigenvalue weighted by Crippen LogP contribution is 2.15. The molecule has 0 aliphatic carbocycles. The van der Waals surface area contributed by atoms with Crippen molar-refractivity contribution in [1.29, 1.82) is 0 Å². The number of ether oxygens (including phenoxy) is 1. The highest BCUT2D eigenvalue weighted by Gasteiger charge is 2.19. The number of hydrogen-bond donors (Lipinski definition) is 2. The summed E-state index contributed by atoms with van der Waals surface area (Å²) in [6.45, 7) is 3.28. The van der Waals surface area contributed by atoms with E-state index in [1.807, 2.05) is 38.2 Å². The Labute approximate surface area is 116 Å². The van der Waals surface area contributed by atoms with Crippen molar-refractivity contribution in [2.24, 2.45) is 0 Å². The lowest BCUT2D eigenvalue weighted by Crippen LogP contribution is -3.14. The number of nitrogens with one attached hydrogen (secondary N) is 2. The van der Waals surface area contributed by atoms with Gasteiger partial charge >= 0.3 is 0 Å². The first kappa shape index (κ1) is 15.0. The van der Waals surface area contributed by atoms with Gasteiger partial charge in [0.25, 0.3) is 5.91 Å². The Balaban J connectivity index is 2.33. The van der Waals surface area contributed by atoms with E-state index in [1.165, 1.54) is 0 Å². The molecule has 0 heterocycles. The van der Waals surface area contributed by atoms with Gasteiger partial charge in [-0.15, -0.1) is 0 Å². The van der Waals surface area contributed by atoms with Crippen molar-refractivity contribution >= 4 is 21.8 Å². The molecule has 0 saturated carbocycles. The first-order chi connectivity index (χ1) is 8.54. The summed E-state index contributed by atoms with van der Waals surface area (Å²) in [4.78, 5) is 12.6. The molecule has 18 heavy (non-hydrogen) atoms. The fourth-order valence-corrected chi connectivity index (χ4v) is 1.78. The van der Waals surface area contributed by atoms with Crippen LogP contribution >= 0.6 is 15.9 Å². The molecule has 2 atom stereocenters. The van der Waals surface area contributed by atoms with E-state index >= 15 is 0 Å². The summed E-state index contributed by atoms with van der Waals surface area (Å²) in [5, 5.41) is 2.65. The number of carbonyl (C=O) groups excluding carboxylic acids is 1. The van der Waals surface area contributed by atoms with Gasteiger partial charge in [-0.25, -0.2) is 0 Å². The van der Waals surface area contributed by atoms with Gasteiger partial charge in [0.1, 0.15) is 18.9 Å². The SMILES string of the molecule is CNC(=O)[C@H](C)[NH+](C)CCOc1ccc(Br)cc1. The molecular formula is C13H20BrN2O2+. The van der Waals surface area contributed by atoms with E-state index in [4.69, 9.17) is 4.74 Å². The van der Waals surface area contributed by atoms with Gasteiger partial charge in [0.2, 0.25) is 0 Å². The van der Waals surface area contributed by atoms with Crippen LogP contribution in [-0.2, 0) is 4.79 Å². The summed E-state index contributed by atoms with van der Waals surface area (Å²) >= 11 is 3.38. The van der Waals surface area contributed by atoms with E-state index < -0.39 is 0 Å². The minimum absolute atomic E-state index is 0.0520. The fourth-order valence-electron chi connectivity index (χ4n) is 1.52. The van der Waals surface area contributed by atoms with Crippen LogP contribution in [-0.4, -0.2) is 39.2 Å². The zero-order valence-electron chi connectivity index (χ0n) is 11.0. The number of likely N-dealkylation sites (N-methyl/N-ethyl adjacent to an activating group) is 2. The molecule has 0 aliphatic rings. The second kappa shape index (κ2) is 7.38. The molecule has 1 rings (SSSR count). The average molecular weight is 316 g/mol. The molecule has 4 nitrogen and oxygen atoms in total. The molecule has 0 spiro atoms. The monoisotopic (exact) mass is 315 g/mol. The predicted molar refractivity (Wildman–Crippen MR) is 74.9 cm³/mol. The number of amides is 1. The van der Waals surface area contributed by atoms with Crippen molar-refractivity contribution in [1.82, 2.24) is 5.32 Å². The molecule has 1 aromatic carbocycles. The van der Waals surface area contributed by atoms with E-state index in [-0.39, 0.29) is 11.9 Å². The maximum absolute atomic E-state index is 11.4. The first-order valence-corrected chi connectivity index (χ1v) is 6.76. The standard InChI is InChI=1S/C13H19BrN2O2/c1-10(13(17)15-2)16(3)8-9-18-12-6-4-11(14)5-7-12/h4-7,10H,8-9H2,1-3H3,(H,15,17)/p+1/t10-/m0/s1. The van der Waals surface area contributed by atoms with E-state index in [2.05, 4.69) is 21.2 Å². The van der Waals surface area contributed by atoms with Gasteiger partial charge in [-0.05, 0) is 31.2 Å². The molecule has 1 unspecified atom stereocenters. The van der Waals surface area contributed by atoms with Crippen LogP contribution in [0.5, 0.6) is 5.75 Å². The third-order valence-corrected chi connectivity index (χ3v) is 3.49. The Kier molecular flexibility index (Phi) is 6.15. The number of benzene rings is 1. The van der Waals surface area contributed by atoms with Gasteiger partial charge in [-0.3, -0.25) is 4.79 Å². The third kappa shape index (κ3) is 4.66. The van der Waals surface area contributed by atoms with Crippen LogP contribution in [0.3, 0.4) is 0 Å². The van der Waals surface area contributed by atoms with Crippen molar-refractivity contribution < 1.29 is 14.4 Å². The summed E-state index contributed by atoms with van der Waals surface area (Å²) in [5.41, 5.74) is 0. The lowest BCUT2D eigenvalue weighted by molar-refractivity contribution is -0.894. The molecular weight excluding hydrogens is 296 g/mol. The smallest absolute Gasteiger partial charge is 0.277 e. The molecule has 1 aromatic rings. The van der Waals surface area contributed by atoms with Crippen LogP contribution in [0.25, 0.3) is 0 Å². The highest BCUT2D eigenvalue weighted by molar-refractivity contribution is 9.10. The van der Waals surface area contributed by atoms with Gasteiger partial charge in [-0.2, -0.15) is 0 Å². The lowest BCUT2D eigenvalue weighted by atomic mass is 10.3.